The van der Waals surface area contributed by atoms with E-state index in [0.717, 1.165) is 23.5 Å². The zero-order valence-corrected chi connectivity index (χ0v) is 10.6. The highest BCUT2D eigenvalue weighted by molar-refractivity contribution is 5.92. The van der Waals surface area contributed by atoms with E-state index >= 15 is 0 Å². The molecule has 0 bridgehead atoms. The van der Waals surface area contributed by atoms with Crippen LogP contribution in [0.25, 0.3) is 0 Å². The fraction of sp³-hybridized carbons (Fsp3) is 0.462. The number of nitrogen functional groups attached to an aromatic ring is 1. The van der Waals surface area contributed by atoms with Gasteiger partial charge in [-0.15, -0.1) is 0 Å². The van der Waals surface area contributed by atoms with Crippen LogP contribution in [-0.2, 0) is 4.79 Å². The van der Waals surface area contributed by atoms with E-state index in [-0.39, 0.29) is 5.91 Å². The fourth-order valence-electron chi connectivity index (χ4n) is 2.34. The van der Waals surface area contributed by atoms with Crippen LogP contribution in [0.15, 0.2) is 18.2 Å². The van der Waals surface area contributed by atoms with Crippen LogP contribution in [0.2, 0.25) is 0 Å². The zero-order valence-electron chi connectivity index (χ0n) is 10.6. The number of nitrogens with one attached hydrogen (secondary N) is 1. The molecule has 3 N–H and O–H groups in total. The molecule has 1 aliphatic heterocycles. The lowest BCUT2D eigenvalue weighted by atomic mass is 9.96. The molecule has 2 rings (SSSR count). The highest BCUT2D eigenvalue weighted by Crippen LogP contribution is 2.33. The Morgan fingerprint density at radius 3 is 2.76 bits per heavy atom. The molecule has 0 spiro atoms. The van der Waals surface area contributed by atoms with Gasteiger partial charge in [0, 0.05) is 13.1 Å². The average molecular weight is 233 g/mol. The molecule has 0 unspecified atom stereocenters. The second-order valence-corrected chi connectivity index (χ2v) is 4.98. The van der Waals surface area contributed by atoms with Gasteiger partial charge in [0.2, 0.25) is 5.91 Å². The molecule has 0 radical (unpaired) electrons. The largest absolute Gasteiger partial charge is 0.397 e. The number of nitrogens with two attached hydrogens (primary N) is 1. The maximum Gasteiger partial charge on any atom is 0.245 e. The van der Waals surface area contributed by atoms with Crippen LogP contribution in [0.5, 0.6) is 0 Å². The first-order valence-corrected chi connectivity index (χ1v) is 5.85. The number of carbonyl (C=O) groups is 1. The van der Waals surface area contributed by atoms with Crippen molar-refractivity contribution in [1.82, 2.24) is 5.32 Å². The Morgan fingerprint density at radius 2 is 2.12 bits per heavy atom. The molecule has 1 saturated heterocycles. The predicted octanol–water partition coefficient (Wildman–Crippen LogP) is 1.29. The van der Waals surface area contributed by atoms with Crippen LogP contribution >= 0.6 is 0 Å². The summed E-state index contributed by atoms with van der Waals surface area (Å²) in [6.07, 6.45) is 0. The molecule has 1 fully saturated rings. The fourth-order valence-corrected chi connectivity index (χ4v) is 2.34. The van der Waals surface area contributed by atoms with Gasteiger partial charge in [-0.2, -0.15) is 0 Å². The third kappa shape index (κ3) is 1.84. The molecule has 0 atom stereocenters. The lowest BCUT2D eigenvalue weighted by molar-refractivity contribution is -0.126. The number of hydrogen-bond donors (Lipinski definition) is 2. The summed E-state index contributed by atoms with van der Waals surface area (Å²) >= 11 is 0. The summed E-state index contributed by atoms with van der Waals surface area (Å²) in [5.41, 5.74) is 8.30. The Kier molecular flexibility index (Phi) is 2.73. The second kappa shape index (κ2) is 3.95. The molecule has 1 amide bonds. The maximum atomic E-state index is 11.9. The molecule has 1 aromatic carbocycles. The van der Waals surface area contributed by atoms with E-state index in [4.69, 9.17) is 5.73 Å². The Labute approximate surface area is 102 Å². The molecular formula is C13H19N3O. The maximum absolute atomic E-state index is 11.9. The van der Waals surface area contributed by atoms with Crippen molar-refractivity contribution in [1.29, 1.82) is 0 Å². The van der Waals surface area contributed by atoms with Gasteiger partial charge in [0.25, 0.3) is 0 Å². The van der Waals surface area contributed by atoms with Gasteiger partial charge in [-0.05, 0) is 32.4 Å². The average Bonchev–Trinajstić information content (AvgIpc) is 2.24. The number of benzene rings is 1. The number of anilines is 2. The third-order valence-electron chi connectivity index (χ3n) is 3.39. The third-order valence-corrected chi connectivity index (χ3v) is 3.39. The summed E-state index contributed by atoms with van der Waals surface area (Å²) in [6.45, 7) is 7.32. The first-order valence-electron chi connectivity index (χ1n) is 5.85. The van der Waals surface area contributed by atoms with Crippen molar-refractivity contribution in [2.24, 2.45) is 0 Å². The lowest BCUT2D eigenvalue weighted by Crippen LogP contribution is -2.62. The minimum absolute atomic E-state index is 0.0476. The van der Waals surface area contributed by atoms with E-state index in [1.807, 2.05) is 39.0 Å². The Morgan fingerprint density at radius 1 is 1.41 bits per heavy atom. The van der Waals surface area contributed by atoms with Crippen LogP contribution in [-0.4, -0.2) is 24.5 Å². The molecule has 1 aliphatic rings. The number of para-hydroxylation sites is 1. The normalized spacial score (nSPS) is 19.0. The summed E-state index contributed by atoms with van der Waals surface area (Å²) in [6, 6.07) is 5.84. The summed E-state index contributed by atoms with van der Waals surface area (Å²) in [7, 11) is 0. The lowest BCUT2D eigenvalue weighted by Gasteiger charge is -2.44. The zero-order chi connectivity index (χ0) is 12.6. The van der Waals surface area contributed by atoms with Crippen LogP contribution < -0.4 is 16.0 Å². The van der Waals surface area contributed by atoms with E-state index in [1.54, 1.807) is 0 Å². The number of amides is 1. The molecule has 17 heavy (non-hydrogen) atoms. The number of hydrogen-bond acceptors (Lipinski definition) is 3. The molecule has 92 valence electrons. The van der Waals surface area contributed by atoms with E-state index < -0.39 is 5.54 Å². The number of piperazine rings is 1. The number of carbonyl (C=O) groups excluding carboxylic acids is 1. The molecular weight excluding hydrogens is 214 g/mol. The molecule has 0 saturated carbocycles. The van der Waals surface area contributed by atoms with E-state index in [1.165, 1.54) is 0 Å². The molecule has 0 aliphatic carbocycles. The first kappa shape index (κ1) is 11.8. The molecule has 4 heteroatoms. The van der Waals surface area contributed by atoms with E-state index in [9.17, 15) is 4.79 Å². The number of nitrogens with zero attached hydrogens (tertiary/aromatic N) is 1. The van der Waals surface area contributed by atoms with Gasteiger partial charge in [-0.1, -0.05) is 12.1 Å². The summed E-state index contributed by atoms with van der Waals surface area (Å²) < 4.78 is 0. The van der Waals surface area contributed by atoms with Crippen molar-refractivity contribution in [3.05, 3.63) is 23.8 Å². The molecule has 0 aromatic heterocycles. The smallest absolute Gasteiger partial charge is 0.245 e. The monoisotopic (exact) mass is 233 g/mol. The van der Waals surface area contributed by atoms with Gasteiger partial charge in [0.05, 0.1) is 11.4 Å². The van der Waals surface area contributed by atoms with Crippen molar-refractivity contribution in [2.45, 2.75) is 26.3 Å². The highest BCUT2D eigenvalue weighted by Gasteiger charge is 2.38. The van der Waals surface area contributed by atoms with E-state index in [0.29, 0.717) is 6.54 Å². The summed E-state index contributed by atoms with van der Waals surface area (Å²) in [5.74, 6) is 0.0476. The van der Waals surface area contributed by atoms with Crippen LogP contribution in [0, 0.1) is 6.92 Å². The standard InChI is InChI=1S/C13H19N3O/c1-9-5-4-6-10(14)11(9)16-8-7-15-12(17)13(16,2)3/h4-6H,7-8,14H2,1-3H3,(H,15,17). The van der Waals surface area contributed by atoms with Gasteiger partial charge >= 0.3 is 0 Å². The van der Waals surface area contributed by atoms with Gasteiger partial charge in [-0.3, -0.25) is 4.79 Å². The van der Waals surface area contributed by atoms with Gasteiger partial charge in [0.15, 0.2) is 0 Å². The Balaban J connectivity index is 2.49. The van der Waals surface area contributed by atoms with Crippen molar-refractivity contribution >= 4 is 17.3 Å². The highest BCUT2D eigenvalue weighted by atomic mass is 16.2. The Bertz CT molecular complexity index is 434. The van der Waals surface area contributed by atoms with Crippen molar-refractivity contribution in [3.8, 4) is 0 Å². The van der Waals surface area contributed by atoms with Crippen LogP contribution in [0.4, 0.5) is 11.4 Å². The van der Waals surface area contributed by atoms with Crippen molar-refractivity contribution < 1.29 is 4.79 Å². The summed E-state index contributed by atoms with van der Waals surface area (Å²) in [5, 5.41) is 2.89. The van der Waals surface area contributed by atoms with Crippen molar-refractivity contribution in [3.63, 3.8) is 0 Å². The predicted molar refractivity (Wildman–Crippen MR) is 70.0 cm³/mol. The minimum Gasteiger partial charge on any atom is -0.397 e. The quantitative estimate of drug-likeness (QED) is 0.719. The first-order chi connectivity index (χ1) is 7.94. The van der Waals surface area contributed by atoms with Gasteiger partial charge in [-0.25, -0.2) is 0 Å². The van der Waals surface area contributed by atoms with Crippen LogP contribution in [0.1, 0.15) is 19.4 Å². The van der Waals surface area contributed by atoms with Crippen molar-refractivity contribution in [2.75, 3.05) is 23.7 Å². The Hall–Kier alpha value is -1.71. The number of rotatable bonds is 1. The number of aryl methyl sites for hydroxylation is 1. The second-order valence-electron chi connectivity index (χ2n) is 4.98. The van der Waals surface area contributed by atoms with Crippen LogP contribution in [0.3, 0.4) is 0 Å². The summed E-state index contributed by atoms with van der Waals surface area (Å²) in [4.78, 5) is 14.0. The minimum atomic E-state index is -0.557. The SMILES string of the molecule is Cc1cccc(N)c1N1CCNC(=O)C1(C)C. The molecule has 1 heterocycles. The van der Waals surface area contributed by atoms with E-state index in [2.05, 4.69) is 10.2 Å². The van der Waals surface area contributed by atoms with Gasteiger partial charge < -0.3 is 16.0 Å². The van der Waals surface area contributed by atoms with Gasteiger partial charge in [0.1, 0.15) is 5.54 Å². The topological polar surface area (TPSA) is 58.4 Å². The molecule has 1 aromatic rings. The molecule has 4 nitrogen and oxygen atoms in total.